The summed E-state index contributed by atoms with van der Waals surface area (Å²) in [5, 5.41) is 1.28. The molecule has 0 saturated carbocycles. The van der Waals surface area contributed by atoms with Crippen LogP contribution >= 0.6 is 0 Å². The minimum absolute atomic E-state index is 0.872. The summed E-state index contributed by atoms with van der Waals surface area (Å²) in [6.45, 7) is 2.19. The minimum atomic E-state index is 0.872. The second-order valence-electron chi connectivity index (χ2n) is 5.89. The highest BCUT2D eigenvalue weighted by molar-refractivity contribution is 5.93. The van der Waals surface area contributed by atoms with Crippen LogP contribution in [-0.2, 0) is 0 Å². The molecule has 0 aliphatic carbocycles. The number of hydrogen-bond donors (Lipinski definition) is 0. The van der Waals surface area contributed by atoms with Crippen molar-refractivity contribution >= 4 is 10.9 Å². The van der Waals surface area contributed by atoms with Gasteiger partial charge in [0.2, 0.25) is 0 Å². The Labute approximate surface area is 141 Å². The van der Waals surface area contributed by atoms with Crippen LogP contribution in [-0.4, -0.2) is 11.7 Å². The van der Waals surface area contributed by atoms with E-state index < -0.39 is 0 Å². The zero-order valence-electron chi connectivity index (χ0n) is 13.9. The molecule has 24 heavy (non-hydrogen) atoms. The summed E-state index contributed by atoms with van der Waals surface area (Å²) in [5.41, 5.74) is 6.04. The molecule has 0 saturated heterocycles. The van der Waals surface area contributed by atoms with Crippen LogP contribution in [0.15, 0.2) is 78.9 Å². The average molecular weight is 313 g/mol. The van der Waals surface area contributed by atoms with E-state index in [9.17, 15) is 0 Å². The first-order valence-corrected chi connectivity index (χ1v) is 8.09. The number of ether oxygens (including phenoxy) is 1. The third-order valence-electron chi connectivity index (χ3n) is 4.49. The molecule has 0 aliphatic heterocycles. The van der Waals surface area contributed by atoms with E-state index in [-0.39, 0.29) is 0 Å². The summed E-state index contributed by atoms with van der Waals surface area (Å²) in [7, 11) is 1.71. The quantitative estimate of drug-likeness (QED) is 0.479. The van der Waals surface area contributed by atoms with Crippen molar-refractivity contribution in [1.82, 2.24) is 4.57 Å². The molecule has 1 heterocycles. The van der Waals surface area contributed by atoms with Gasteiger partial charge in [-0.2, -0.15) is 0 Å². The van der Waals surface area contributed by atoms with Gasteiger partial charge in [-0.05, 0) is 42.8 Å². The molecule has 0 amide bonds. The molecule has 0 atom stereocenters. The molecule has 3 aromatic carbocycles. The Morgan fingerprint density at radius 1 is 0.792 bits per heavy atom. The van der Waals surface area contributed by atoms with Crippen molar-refractivity contribution in [3.63, 3.8) is 0 Å². The highest BCUT2D eigenvalue weighted by atomic mass is 16.5. The maximum Gasteiger partial charge on any atom is 0.119 e. The lowest BCUT2D eigenvalue weighted by Gasteiger charge is -2.13. The van der Waals surface area contributed by atoms with Crippen molar-refractivity contribution in [2.45, 2.75) is 6.92 Å². The van der Waals surface area contributed by atoms with Crippen LogP contribution in [0.4, 0.5) is 0 Å². The van der Waals surface area contributed by atoms with E-state index in [0.29, 0.717) is 0 Å². The smallest absolute Gasteiger partial charge is 0.119 e. The predicted molar refractivity (Wildman–Crippen MR) is 100 cm³/mol. The molecule has 0 fully saturated rings. The number of fused-ring (bicyclic) bond motifs is 1. The maximum absolute atomic E-state index is 5.43. The lowest BCUT2D eigenvalue weighted by molar-refractivity contribution is 0.415. The van der Waals surface area contributed by atoms with Gasteiger partial charge in [0.25, 0.3) is 0 Å². The number of aryl methyl sites for hydroxylation is 1. The molecule has 0 bridgehead atoms. The average Bonchev–Trinajstić information content (AvgIpc) is 2.95. The minimum Gasteiger partial charge on any atom is -0.497 e. The summed E-state index contributed by atoms with van der Waals surface area (Å²) >= 11 is 0. The lowest BCUT2D eigenvalue weighted by Crippen LogP contribution is -1.97. The van der Waals surface area contributed by atoms with E-state index >= 15 is 0 Å². The van der Waals surface area contributed by atoms with Gasteiger partial charge in [-0.15, -0.1) is 0 Å². The summed E-state index contributed by atoms with van der Waals surface area (Å²) in [6, 6.07) is 27.3. The molecular weight excluding hydrogens is 294 g/mol. The van der Waals surface area contributed by atoms with Gasteiger partial charge in [-0.3, -0.25) is 0 Å². The Balaban J connectivity index is 2.09. The van der Waals surface area contributed by atoms with Crippen LogP contribution in [0.5, 0.6) is 5.75 Å². The van der Waals surface area contributed by atoms with Gasteiger partial charge in [0.05, 0.1) is 18.3 Å². The van der Waals surface area contributed by atoms with Crippen molar-refractivity contribution in [3.05, 3.63) is 84.4 Å². The van der Waals surface area contributed by atoms with Gasteiger partial charge in [-0.25, -0.2) is 0 Å². The number of hydrogen-bond acceptors (Lipinski definition) is 1. The van der Waals surface area contributed by atoms with Gasteiger partial charge in [0.15, 0.2) is 0 Å². The first-order valence-electron chi connectivity index (χ1n) is 8.09. The highest BCUT2D eigenvalue weighted by Crippen LogP contribution is 2.36. The fraction of sp³-hybridized carbons (Fsp3) is 0.0909. The van der Waals surface area contributed by atoms with Crippen LogP contribution < -0.4 is 4.74 Å². The van der Waals surface area contributed by atoms with Crippen LogP contribution in [0.25, 0.3) is 27.8 Å². The number of aromatic nitrogens is 1. The van der Waals surface area contributed by atoms with Crippen LogP contribution in [0.3, 0.4) is 0 Å². The maximum atomic E-state index is 5.43. The largest absolute Gasteiger partial charge is 0.497 e. The number of para-hydroxylation sites is 2. The van der Waals surface area contributed by atoms with Crippen molar-refractivity contribution in [1.29, 1.82) is 0 Å². The predicted octanol–water partition coefficient (Wildman–Crippen LogP) is 5.61. The molecule has 0 aliphatic rings. The van der Waals surface area contributed by atoms with E-state index in [2.05, 4.69) is 72.2 Å². The van der Waals surface area contributed by atoms with Crippen LogP contribution in [0.2, 0.25) is 0 Å². The van der Waals surface area contributed by atoms with Crippen molar-refractivity contribution in [2.24, 2.45) is 0 Å². The third kappa shape index (κ3) is 2.28. The molecule has 0 radical (unpaired) electrons. The Bertz CT molecular complexity index is 999. The molecule has 2 nitrogen and oxygen atoms in total. The molecule has 2 heteroatoms. The van der Waals surface area contributed by atoms with Crippen LogP contribution in [0.1, 0.15) is 5.56 Å². The molecular formula is C22H19NO. The SMILES string of the molecule is COc1cccc(-c2c(C)c3ccccc3n2-c2ccccc2)c1. The molecule has 0 spiro atoms. The second-order valence-corrected chi connectivity index (χ2v) is 5.89. The Kier molecular flexibility index (Phi) is 3.58. The standard InChI is InChI=1S/C22H19NO/c1-16-20-13-6-7-14-21(20)23(18-10-4-3-5-11-18)22(16)17-9-8-12-19(15-17)24-2/h3-15H,1-2H3. The van der Waals surface area contributed by atoms with E-state index in [1.54, 1.807) is 7.11 Å². The topological polar surface area (TPSA) is 14.2 Å². The van der Waals surface area contributed by atoms with E-state index in [4.69, 9.17) is 4.74 Å². The Hall–Kier alpha value is -3.00. The van der Waals surface area contributed by atoms with E-state index in [1.807, 2.05) is 18.2 Å². The fourth-order valence-electron chi connectivity index (χ4n) is 3.36. The summed E-state index contributed by atoms with van der Waals surface area (Å²) in [6.07, 6.45) is 0. The molecule has 4 rings (SSSR count). The molecule has 0 N–H and O–H groups in total. The van der Waals surface area contributed by atoms with E-state index in [1.165, 1.54) is 27.8 Å². The number of rotatable bonds is 3. The third-order valence-corrected chi connectivity index (χ3v) is 4.49. The van der Waals surface area contributed by atoms with Gasteiger partial charge in [0.1, 0.15) is 5.75 Å². The van der Waals surface area contributed by atoms with Gasteiger partial charge >= 0.3 is 0 Å². The van der Waals surface area contributed by atoms with Crippen molar-refractivity contribution < 1.29 is 4.74 Å². The number of nitrogens with zero attached hydrogens (tertiary/aromatic N) is 1. The fourth-order valence-corrected chi connectivity index (χ4v) is 3.36. The zero-order chi connectivity index (χ0) is 16.5. The normalized spacial score (nSPS) is 10.9. The number of methoxy groups -OCH3 is 1. The highest BCUT2D eigenvalue weighted by Gasteiger charge is 2.17. The van der Waals surface area contributed by atoms with Gasteiger partial charge in [-0.1, -0.05) is 48.5 Å². The first-order chi connectivity index (χ1) is 11.8. The number of benzene rings is 3. The summed E-state index contributed by atoms with van der Waals surface area (Å²) in [5.74, 6) is 0.872. The monoisotopic (exact) mass is 313 g/mol. The Morgan fingerprint density at radius 2 is 1.54 bits per heavy atom. The zero-order valence-corrected chi connectivity index (χ0v) is 13.9. The molecule has 0 unspecified atom stereocenters. The Morgan fingerprint density at radius 3 is 2.33 bits per heavy atom. The summed E-state index contributed by atoms with van der Waals surface area (Å²) in [4.78, 5) is 0. The lowest BCUT2D eigenvalue weighted by atomic mass is 10.1. The van der Waals surface area contributed by atoms with Gasteiger partial charge < -0.3 is 9.30 Å². The summed E-state index contributed by atoms with van der Waals surface area (Å²) < 4.78 is 7.76. The molecule has 4 aromatic rings. The van der Waals surface area contributed by atoms with Crippen molar-refractivity contribution in [2.75, 3.05) is 7.11 Å². The van der Waals surface area contributed by atoms with Crippen LogP contribution in [0, 0.1) is 6.92 Å². The van der Waals surface area contributed by atoms with Crippen molar-refractivity contribution in [3.8, 4) is 22.7 Å². The molecule has 1 aromatic heterocycles. The molecule has 118 valence electrons. The first kappa shape index (κ1) is 14.6. The van der Waals surface area contributed by atoms with Gasteiger partial charge in [0, 0.05) is 16.6 Å². The second kappa shape index (κ2) is 5.89. The van der Waals surface area contributed by atoms with E-state index in [0.717, 1.165) is 11.3 Å².